The van der Waals surface area contributed by atoms with Gasteiger partial charge >= 0.3 is 0 Å². The predicted octanol–water partition coefficient (Wildman–Crippen LogP) is 2.54. The number of hydrogen-bond donors (Lipinski definition) is 1. The molecule has 0 unspecified atom stereocenters. The first-order chi connectivity index (χ1) is 13.5. The lowest BCUT2D eigenvalue weighted by molar-refractivity contribution is -0.0495. The average Bonchev–Trinajstić information content (AvgIpc) is 3.37. The molecule has 1 aliphatic heterocycles. The molecule has 0 spiro atoms. The van der Waals surface area contributed by atoms with Crippen LogP contribution in [0.4, 0.5) is 8.78 Å². The lowest BCUT2D eigenvalue weighted by Gasteiger charge is -2.31. The second-order valence-electron chi connectivity index (χ2n) is 6.50. The average molecular weight is 388 g/mol. The number of carbonyl (C=O) groups is 1. The maximum absolute atomic E-state index is 13.4. The van der Waals surface area contributed by atoms with Crippen LogP contribution in [-0.4, -0.2) is 61.7 Å². The summed E-state index contributed by atoms with van der Waals surface area (Å²) in [6, 6.07) is 5.06. The van der Waals surface area contributed by atoms with Crippen LogP contribution in [-0.2, 0) is 0 Å². The first kappa shape index (κ1) is 18.1. The van der Waals surface area contributed by atoms with Crippen LogP contribution in [0.1, 0.15) is 23.3 Å². The van der Waals surface area contributed by atoms with Crippen molar-refractivity contribution in [1.29, 1.82) is 0 Å². The normalized spacial score (nSPS) is 16.2. The Morgan fingerprint density at radius 3 is 2.64 bits per heavy atom. The summed E-state index contributed by atoms with van der Waals surface area (Å²) >= 11 is 0. The highest BCUT2D eigenvalue weighted by Crippen LogP contribution is 2.29. The van der Waals surface area contributed by atoms with E-state index in [1.807, 2.05) is 0 Å². The minimum absolute atomic E-state index is 0.00216. The van der Waals surface area contributed by atoms with Gasteiger partial charge in [0, 0.05) is 32.0 Å². The number of amides is 1. The number of nitrogens with one attached hydrogen (secondary N) is 1. The van der Waals surface area contributed by atoms with Crippen LogP contribution in [0.2, 0.25) is 0 Å². The SMILES string of the molecule is COc1ccc(-n2nc(C(=O)N3CCC(F)(F)CC3)cc2-c2cnc[nH]2)cn1. The van der Waals surface area contributed by atoms with Crippen molar-refractivity contribution in [2.75, 3.05) is 20.2 Å². The number of carbonyl (C=O) groups excluding carboxylic acids is 1. The number of pyridine rings is 1. The van der Waals surface area contributed by atoms with Gasteiger partial charge in [0.25, 0.3) is 11.8 Å². The lowest BCUT2D eigenvalue weighted by Crippen LogP contribution is -2.42. The molecule has 28 heavy (non-hydrogen) atoms. The minimum atomic E-state index is -2.72. The fraction of sp³-hybridized carbons (Fsp3) is 0.333. The summed E-state index contributed by atoms with van der Waals surface area (Å²) in [5, 5.41) is 4.41. The number of rotatable bonds is 4. The number of imidazole rings is 1. The first-order valence-corrected chi connectivity index (χ1v) is 8.73. The van der Waals surface area contributed by atoms with E-state index in [1.54, 1.807) is 35.3 Å². The number of ether oxygens (including phenoxy) is 1. The number of halogens is 2. The minimum Gasteiger partial charge on any atom is -0.481 e. The molecule has 10 heteroatoms. The molecule has 0 aliphatic carbocycles. The van der Waals surface area contributed by atoms with Gasteiger partial charge in [0.1, 0.15) is 0 Å². The maximum Gasteiger partial charge on any atom is 0.274 e. The zero-order valence-corrected chi connectivity index (χ0v) is 15.1. The molecule has 0 aromatic carbocycles. The van der Waals surface area contributed by atoms with Gasteiger partial charge in [-0.25, -0.2) is 23.4 Å². The van der Waals surface area contributed by atoms with Gasteiger partial charge < -0.3 is 14.6 Å². The summed E-state index contributed by atoms with van der Waals surface area (Å²) in [5.41, 5.74) is 2.06. The van der Waals surface area contributed by atoms with Gasteiger partial charge in [-0.05, 0) is 12.1 Å². The van der Waals surface area contributed by atoms with Crippen molar-refractivity contribution in [3.05, 3.63) is 42.6 Å². The second-order valence-corrected chi connectivity index (χ2v) is 6.50. The van der Waals surface area contributed by atoms with Gasteiger partial charge in [0.05, 0.1) is 42.9 Å². The molecule has 0 saturated carbocycles. The van der Waals surface area contributed by atoms with Gasteiger partial charge in [-0.15, -0.1) is 0 Å². The molecule has 3 aromatic rings. The Morgan fingerprint density at radius 2 is 2.04 bits per heavy atom. The molecule has 0 radical (unpaired) electrons. The third kappa shape index (κ3) is 3.45. The Kier molecular flexibility index (Phi) is 4.54. The molecule has 1 fully saturated rings. The Morgan fingerprint density at radius 1 is 1.25 bits per heavy atom. The maximum atomic E-state index is 13.4. The standard InChI is InChI=1S/C18H18F2N6O2/c1-28-16-3-2-12(9-22-16)26-15(14-10-21-11-23-14)8-13(24-26)17(27)25-6-4-18(19,20)5-7-25/h2-3,8-11H,4-7H2,1H3,(H,21,23). The molecule has 1 aliphatic rings. The lowest BCUT2D eigenvalue weighted by atomic mass is 10.1. The van der Waals surface area contributed by atoms with Gasteiger partial charge in [-0.3, -0.25) is 4.79 Å². The number of nitrogens with zero attached hydrogens (tertiary/aromatic N) is 5. The van der Waals surface area contributed by atoms with Crippen LogP contribution in [0.5, 0.6) is 5.88 Å². The van der Waals surface area contributed by atoms with Crippen LogP contribution < -0.4 is 4.74 Å². The fourth-order valence-corrected chi connectivity index (χ4v) is 3.09. The molecular formula is C18H18F2N6O2. The van der Waals surface area contributed by atoms with Crippen molar-refractivity contribution in [1.82, 2.24) is 29.6 Å². The van der Waals surface area contributed by atoms with Crippen molar-refractivity contribution >= 4 is 5.91 Å². The van der Waals surface area contributed by atoms with E-state index < -0.39 is 5.92 Å². The van der Waals surface area contributed by atoms with Gasteiger partial charge in [-0.1, -0.05) is 0 Å². The highest BCUT2D eigenvalue weighted by Gasteiger charge is 2.36. The van der Waals surface area contributed by atoms with Gasteiger partial charge in [0.15, 0.2) is 5.69 Å². The summed E-state index contributed by atoms with van der Waals surface area (Å²) in [7, 11) is 1.52. The predicted molar refractivity (Wildman–Crippen MR) is 95.6 cm³/mol. The topological polar surface area (TPSA) is 88.9 Å². The third-order valence-corrected chi connectivity index (χ3v) is 4.66. The summed E-state index contributed by atoms with van der Waals surface area (Å²) in [4.78, 5) is 25.4. The Bertz CT molecular complexity index is 959. The van der Waals surface area contributed by atoms with Crippen molar-refractivity contribution in [2.24, 2.45) is 0 Å². The Hall–Kier alpha value is -3.30. The molecule has 8 nitrogen and oxygen atoms in total. The van der Waals surface area contributed by atoms with E-state index in [0.29, 0.717) is 23.0 Å². The van der Waals surface area contributed by atoms with E-state index in [0.717, 1.165) is 0 Å². The van der Waals surface area contributed by atoms with Crippen LogP contribution in [0.15, 0.2) is 36.9 Å². The largest absolute Gasteiger partial charge is 0.481 e. The number of aromatic amines is 1. The van der Waals surface area contributed by atoms with Crippen molar-refractivity contribution in [2.45, 2.75) is 18.8 Å². The summed E-state index contributed by atoms with van der Waals surface area (Å²) in [6.07, 6.45) is 4.03. The highest BCUT2D eigenvalue weighted by atomic mass is 19.3. The van der Waals surface area contributed by atoms with Crippen LogP contribution in [0.25, 0.3) is 17.1 Å². The van der Waals surface area contributed by atoms with Gasteiger partial charge in [-0.2, -0.15) is 5.10 Å². The first-order valence-electron chi connectivity index (χ1n) is 8.73. The van der Waals surface area contributed by atoms with E-state index in [2.05, 4.69) is 20.1 Å². The summed E-state index contributed by atoms with van der Waals surface area (Å²) in [5.74, 6) is -2.65. The van der Waals surface area contributed by atoms with Crippen LogP contribution >= 0.6 is 0 Å². The van der Waals surface area contributed by atoms with E-state index in [1.165, 1.54) is 18.3 Å². The molecule has 0 bridgehead atoms. The molecule has 4 heterocycles. The van der Waals surface area contributed by atoms with Gasteiger partial charge in [0.2, 0.25) is 5.88 Å². The number of hydrogen-bond acceptors (Lipinski definition) is 5. The van der Waals surface area contributed by atoms with E-state index in [-0.39, 0.29) is 37.5 Å². The molecule has 1 N–H and O–H groups in total. The van der Waals surface area contributed by atoms with E-state index >= 15 is 0 Å². The number of H-pyrrole nitrogens is 1. The summed E-state index contributed by atoms with van der Waals surface area (Å²) < 4.78 is 33.4. The molecule has 4 rings (SSSR count). The highest BCUT2D eigenvalue weighted by molar-refractivity contribution is 5.93. The monoisotopic (exact) mass is 388 g/mol. The molecule has 1 saturated heterocycles. The number of piperidine rings is 1. The number of methoxy groups -OCH3 is 1. The van der Waals surface area contributed by atoms with Crippen LogP contribution in [0, 0.1) is 0 Å². The van der Waals surface area contributed by atoms with Crippen molar-refractivity contribution in [3.8, 4) is 23.0 Å². The molecule has 1 amide bonds. The smallest absolute Gasteiger partial charge is 0.274 e. The Balaban J connectivity index is 1.68. The zero-order valence-electron chi connectivity index (χ0n) is 15.1. The number of alkyl halides is 2. The molecule has 3 aromatic heterocycles. The molecule has 0 atom stereocenters. The number of likely N-dealkylation sites (tertiary alicyclic amines) is 1. The fourth-order valence-electron chi connectivity index (χ4n) is 3.09. The quantitative estimate of drug-likeness (QED) is 0.742. The molecule has 146 valence electrons. The zero-order chi connectivity index (χ0) is 19.7. The molecular weight excluding hydrogens is 370 g/mol. The van der Waals surface area contributed by atoms with E-state index in [9.17, 15) is 13.6 Å². The van der Waals surface area contributed by atoms with E-state index in [4.69, 9.17) is 4.74 Å². The van der Waals surface area contributed by atoms with Crippen molar-refractivity contribution < 1.29 is 18.3 Å². The second kappa shape index (κ2) is 7.02. The third-order valence-electron chi connectivity index (χ3n) is 4.66. The summed E-state index contributed by atoms with van der Waals surface area (Å²) in [6.45, 7) is 0.00432. The Labute approximate surface area is 159 Å². The van der Waals surface area contributed by atoms with Crippen molar-refractivity contribution in [3.63, 3.8) is 0 Å². The number of aromatic nitrogens is 5. The van der Waals surface area contributed by atoms with Crippen LogP contribution in [0.3, 0.4) is 0 Å².